The highest BCUT2D eigenvalue weighted by molar-refractivity contribution is 5.83. The van der Waals surface area contributed by atoms with Crippen molar-refractivity contribution in [3.05, 3.63) is 12.7 Å². The molecule has 7 rings (SSSR count). The van der Waals surface area contributed by atoms with Crippen LogP contribution in [0, 0.1) is 17.8 Å². The van der Waals surface area contributed by atoms with E-state index >= 15 is 0 Å². The van der Waals surface area contributed by atoms with E-state index in [1.54, 1.807) is 0 Å². The second-order valence-corrected chi connectivity index (χ2v) is 9.25. The van der Waals surface area contributed by atoms with Crippen LogP contribution in [0.25, 0.3) is 11.2 Å². The average molecular weight is 400 g/mol. The van der Waals surface area contributed by atoms with Gasteiger partial charge in [0.1, 0.15) is 24.1 Å². The number of carbonyl (C=O) groups is 1. The molecule has 10 heteroatoms. The molecule has 1 saturated heterocycles. The molecule has 2 aromatic rings. The number of hydrogen-bond donors (Lipinski definition) is 4. The lowest BCUT2D eigenvalue weighted by molar-refractivity contribution is -0.140. The highest BCUT2D eigenvalue weighted by Crippen LogP contribution is 2.60. The Morgan fingerprint density at radius 3 is 2.66 bits per heavy atom. The number of nitrogens with zero attached hydrogens (tertiary/aromatic N) is 4. The van der Waals surface area contributed by atoms with Crippen molar-refractivity contribution in [2.45, 2.75) is 62.2 Å². The fourth-order valence-corrected chi connectivity index (χ4v) is 6.46. The van der Waals surface area contributed by atoms with Crippen LogP contribution in [0.4, 0.5) is 5.82 Å². The molecule has 0 radical (unpaired) electrons. The summed E-state index contributed by atoms with van der Waals surface area (Å²) in [4.78, 5) is 25.2. The van der Waals surface area contributed by atoms with Gasteiger partial charge in [-0.2, -0.15) is 0 Å². The maximum atomic E-state index is 13.0. The highest BCUT2D eigenvalue weighted by atomic mass is 16.6. The van der Waals surface area contributed by atoms with E-state index in [2.05, 4.69) is 20.3 Å². The molecule has 4 saturated carbocycles. The molecule has 4 bridgehead atoms. The van der Waals surface area contributed by atoms with E-state index in [9.17, 15) is 15.0 Å². The summed E-state index contributed by atoms with van der Waals surface area (Å²) in [6, 6.07) is 0. The summed E-state index contributed by atoms with van der Waals surface area (Å²) in [5, 5.41) is 24.3. The molecule has 0 spiro atoms. The highest BCUT2D eigenvalue weighted by Gasteiger charge is 2.57. The molecule has 154 valence electrons. The molecule has 5 fully saturated rings. The third-order valence-electron chi connectivity index (χ3n) is 7.47. The number of aromatic nitrogens is 4. The first-order valence-electron chi connectivity index (χ1n) is 10.2. The Hall–Kier alpha value is -2.30. The number of imidazole rings is 1. The Morgan fingerprint density at radius 2 is 1.93 bits per heavy atom. The minimum absolute atomic E-state index is 0.177. The minimum Gasteiger partial charge on any atom is -0.387 e. The SMILES string of the molecule is Nc1ncnc2c1ncn2C1O[C@H](C(=O)NC23CC4CC(C2)C(C4)C3)[C@@H](O)[C@H]1O. The number of rotatable bonds is 3. The number of nitrogen functional groups attached to an aromatic ring is 1. The van der Waals surface area contributed by atoms with E-state index < -0.39 is 24.5 Å². The van der Waals surface area contributed by atoms with Crippen LogP contribution in [0.15, 0.2) is 12.7 Å². The molecule has 2 aromatic heterocycles. The lowest BCUT2D eigenvalue weighted by Gasteiger charge is -2.39. The summed E-state index contributed by atoms with van der Waals surface area (Å²) in [5.74, 6) is 1.97. The van der Waals surface area contributed by atoms with E-state index in [1.165, 1.54) is 30.1 Å². The van der Waals surface area contributed by atoms with Crippen molar-refractivity contribution in [2.75, 3.05) is 5.73 Å². The lowest BCUT2D eigenvalue weighted by Crippen LogP contribution is -2.55. The van der Waals surface area contributed by atoms with Gasteiger partial charge in [-0.15, -0.1) is 0 Å². The topological polar surface area (TPSA) is 148 Å². The van der Waals surface area contributed by atoms with Crippen molar-refractivity contribution in [2.24, 2.45) is 17.8 Å². The molecule has 5 aliphatic rings. The van der Waals surface area contributed by atoms with Crippen LogP contribution >= 0.6 is 0 Å². The number of ether oxygens (including phenoxy) is 1. The zero-order chi connectivity index (χ0) is 19.9. The van der Waals surface area contributed by atoms with Gasteiger partial charge in [0.15, 0.2) is 23.8 Å². The van der Waals surface area contributed by atoms with E-state index in [-0.39, 0.29) is 17.3 Å². The third kappa shape index (κ3) is 2.45. The van der Waals surface area contributed by atoms with Crippen molar-refractivity contribution >= 4 is 22.9 Å². The van der Waals surface area contributed by atoms with Crippen LogP contribution in [0.1, 0.15) is 38.3 Å². The van der Waals surface area contributed by atoms with Gasteiger partial charge in [0.25, 0.3) is 5.91 Å². The number of nitrogens with one attached hydrogen (secondary N) is 1. The summed E-state index contributed by atoms with van der Waals surface area (Å²) in [6.45, 7) is 0. The van der Waals surface area contributed by atoms with Gasteiger partial charge < -0.3 is 26.0 Å². The van der Waals surface area contributed by atoms with Crippen LogP contribution in [-0.2, 0) is 9.53 Å². The monoisotopic (exact) mass is 400 g/mol. The molecule has 10 nitrogen and oxygen atoms in total. The number of anilines is 1. The number of aliphatic hydroxyl groups is 2. The number of aliphatic hydroxyl groups excluding tert-OH is 2. The van der Waals surface area contributed by atoms with Gasteiger partial charge in [0, 0.05) is 5.54 Å². The largest absolute Gasteiger partial charge is 0.387 e. The number of nitrogens with two attached hydrogens (primary N) is 1. The Kier molecular flexibility index (Phi) is 3.55. The maximum Gasteiger partial charge on any atom is 0.252 e. The molecule has 29 heavy (non-hydrogen) atoms. The van der Waals surface area contributed by atoms with Crippen molar-refractivity contribution < 1.29 is 19.7 Å². The van der Waals surface area contributed by atoms with Crippen molar-refractivity contribution in [3.63, 3.8) is 0 Å². The summed E-state index contributed by atoms with van der Waals surface area (Å²) < 4.78 is 7.31. The molecule has 0 aromatic carbocycles. The normalized spacial score (nSPS) is 42.8. The molecule has 1 amide bonds. The van der Waals surface area contributed by atoms with Crippen molar-refractivity contribution in [1.82, 2.24) is 24.8 Å². The predicted octanol–water partition coefficient (Wildman–Crippen LogP) is -0.277. The standard InChI is InChI=1S/C19H24N6O4/c20-15-11-16(22-6-21-15)25(7-23-11)18-13(27)12(26)14(29-18)17(28)24-19-3-8-1-9(4-19)10(2-8)5-19/h6-10,12-14,18,26-27H,1-5H2,(H,24,28)(H2,20,21,22)/t8?,9?,10?,12-,13+,14-,18?,19?/m0/s1. The van der Waals surface area contributed by atoms with E-state index in [0.29, 0.717) is 28.9 Å². The van der Waals surface area contributed by atoms with E-state index in [4.69, 9.17) is 10.5 Å². The fourth-order valence-electron chi connectivity index (χ4n) is 6.46. The van der Waals surface area contributed by atoms with Gasteiger partial charge >= 0.3 is 0 Å². The van der Waals surface area contributed by atoms with Crippen molar-refractivity contribution in [3.8, 4) is 0 Å². The summed E-state index contributed by atoms with van der Waals surface area (Å²) in [7, 11) is 0. The lowest BCUT2D eigenvalue weighted by atomic mass is 9.75. The number of fused-ring (bicyclic) bond motifs is 1. The van der Waals surface area contributed by atoms with Crippen molar-refractivity contribution in [1.29, 1.82) is 0 Å². The van der Waals surface area contributed by atoms with Crippen LogP contribution < -0.4 is 11.1 Å². The third-order valence-corrected chi connectivity index (χ3v) is 7.47. The first kappa shape index (κ1) is 17.5. The summed E-state index contributed by atoms with van der Waals surface area (Å²) in [5.41, 5.74) is 6.39. The van der Waals surface area contributed by atoms with E-state index in [1.807, 2.05) is 0 Å². The zero-order valence-electron chi connectivity index (χ0n) is 15.8. The number of amides is 1. The van der Waals surface area contributed by atoms with Gasteiger partial charge in [-0.1, -0.05) is 0 Å². The van der Waals surface area contributed by atoms with E-state index in [0.717, 1.165) is 19.3 Å². The second kappa shape index (κ2) is 5.87. The zero-order valence-corrected chi connectivity index (χ0v) is 15.8. The second-order valence-electron chi connectivity index (χ2n) is 9.25. The van der Waals surface area contributed by atoms with Gasteiger partial charge in [-0.25, -0.2) is 15.0 Å². The average Bonchev–Trinajstić information content (AvgIpc) is 3.37. The quantitative estimate of drug-likeness (QED) is 0.550. The number of hydrogen-bond acceptors (Lipinski definition) is 8. The molecular formula is C19H24N6O4. The predicted molar refractivity (Wildman–Crippen MR) is 100 cm³/mol. The molecule has 3 heterocycles. The smallest absolute Gasteiger partial charge is 0.252 e. The molecule has 3 unspecified atom stereocenters. The first-order chi connectivity index (χ1) is 13.9. The molecule has 4 aliphatic carbocycles. The summed E-state index contributed by atoms with van der Waals surface area (Å²) >= 11 is 0. The molecular weight excluding hydrogens is 376 g/mol. The van der Waals surface area contributed by atoms with Crippen LogP contribution in [-0.4, -0.2) is 59.5 Å². The Morgan fingerprint density at radius 1 is 1.17 bits per heavy atom. The van der Waals surface area contributed by atoms with Crippen LogP contribution in [0.3, 0.4) is 0 Å². The van der Waals surface area contributed by atoms with Crippen LogP contribution in [0.5, 0.6) is 0 Å². The van der Waals surface area contributed by atoms with Gasteiger partial charge in [-0.3, -0.25) is 9.36 Å². The fraction of sp³-hybridized carbons (Fsp3) is 0.684. The van der Waals surface area contributed by atoms with Gasteiger partial charge in [-0.05, 0) is 49.9 Å². The Bertz CT molecular complexity index is 975. The minimum atomic E-state index is -1.34. The molecule has 1 aliphatic heterocycles. The summed E-state index contributed by atoms with van der Waals surface area (Å²) in [6.07, 6.45) is 3.52. The molecule has 5 N–H and O–H groups in total. The Balaban J connectivity index is 1.24. The number of carbonyl (C=O) groups excluding carboxylic acids is 1. The first-order valence-corrected chi connectivity index (χ1v) is 10.2. The molecule has 6 atom stereocenters. The van der Waals surface area contributed by atoms with Crippen LogP contribution in [0.2, 0.25) is 0 Å². The Labute approximate surface area is 166 Å². The van der Waals surface area contributed by atoms with Gasteiger partial charge in [0.05, 0.1) is 6.33 Å². The van der Waals surface area contributed by atoms with Gasteiger partial charge in [0.2, 0.25) is 0 Å². The maximum absolute atomic E-state index is 13.0.